The number of benzene rings is 1. The molecular weight excluding hydrogens is 228 g/mol. The van der Waals surface area contributed by atoms with Gasteiger partial charge in [-0.15, -0.1) is 0 Å². The van der Waals surface area contributed by atoms with Crippen molar-refractivity contribution in [3.63, 3.8) is 0 Å². The molecule has 0 N–H and O–H groups in total. The molecule has 0 unspecified atom stereocenters. The average Bonchev–Trinajstić information content (AvgIpc) is 2.41. The van der Waals surface area contributed by atoms with E-state index in [1.165, 1.54) is 0 Å². The summed E-state index contributed by atoms with van der Waals surface area (Å²) in [6.07, 6.45) is 0. The number of nitrogens with zero attached hydrogens (tertiary/aromatic N) is 6. The molecule has 0 aromatic heterocycles. The highest BCUT2D eigenvalue weighted by Crippen LogP contribution is 2.05. The third kappa shape index (κ3) is 4.65. The van der Waals surface area contributed by atoms with E-state index in [2.05, 4.69) is 43.7 Å². The van der Waals surface area contributed by atoms with Crippen LogP contribution in [0.4, 0.5) is 0 Å². The summed E-state index contributed by atoms with van der Waals surface area (Å²) in [4.78, 5) is 5.21. The van der Waals surface area contributed by atoms with Gasteiger partial charge in [-0.25, -0.2) is 0 Å². The molecule has 0 saturated carbocycles. The summed E-state index contributed by atoms with van der Waals surface area (Å²) in [6, 6.07) is 7.33. The van der Waals surface area contributed by atoms with E-state index in [4.69, 9.17) is 11.1 Å². The van der Waals surface area contributed by atoms with E-state index in [0.717, 1.165) is 11.1 Å². The quantitative estimate of drug-likeness (QED) is 0.326. The second kappa shape index (κ2) is 8.15. The fourth-order valence-electron chi connectivity index (χ4n) is 1.10. The maximum absolute atomic E-state index is 8.11. The third-order valence-electron chi connectivity index (χ3n) is 1.80. The zero-order chi connectivity index (χ0) is 13.1. The van der Waals surface area contributed by atoms with Crippen LogP contribution in [0.3, 0.4) is 0 Å². The van der Waals surface area contributed by atoms with Gasteiger partial charge in [-0.3, -0.25) is 0 Å². The third-order valence-corrected chi connectivity index (χ3v) is 1.80. The van der Waals surface area contributed by atoms with Gasteiger partial charge in [0.05, 0.1) is 13.1 Å². The molecule has 0 aliphatic carbocycles. The molecule has 6 nitrogen and oxygen atoms in total. The van der Waals surface area contributed by atoms with E-state index in [-0.39, 0.29) is 13.1 Å². The highest BCUT2D eigenvalue weighted by molar-refractivity contribution is 5.50. The van der Waals surface area contributed by atoms with E-state index in [1.54, 1.807) is 0 Å². The van der Waals surface area contributed by atoms with Crippen LogP contribution in [0.15, 0.2) is 34.5 Å². The molecule has 0 spiro atoms. The minimum atomic E-state index is 0.122. The maximum atomic E-state index is 8.11. The van der Waals surface area contributed by atoms with Gasteiger partial charge in [-0.1, -0.05) is 46.0 Å². The minimum Gasteiger partial charge on any atom is -0.0919 e. The second-order valence-corrected chi connectivity index (χ2v) is 2.93. The highest BCUT2D eigenvalue weighted by atomic mass is 15.1. The highest BCUT2D eigenvalue weighted by Gasteiger charge is 1.93. The largest absolute Gasteiger partial charge is 0.0919 e. The first-order chi connectivity index (χ1) is 8.88. The normalized spacial score (nSPS) is 7.56. The molecule has 0 atom stereocenters. The number of hydrogen-bond acceptors (Lipinski definition) is 2. The predicted octanol–water partition coefficient (Wildman–Crippen LogP) is 3.01. The van der Waals surface area contributed by atoms with Crippen LogP contribution in [0.2, 0.25) is 0 Å². The standard InChI is InChI=1S/C12H8N6/c13-17-15-9-3-7-11-5-1-2-6-12(11)8-4-10-16-18-14/h1-2,5-6H,9-10H2. The number of rotatable bonds is 2. The molecule has 1 aromatic carbocycles. The summed E-state index contributed by atoms with van der Waals surface area (Å²) in [5.41, 5.74) is 17.7. The Bertz CT molecular complexity index is 571. The summed E-state index contributed by atoms with van der Waals surface area (Å²) >= 11 is 0. The van der Waals surface area contributed by atoms with Gasteiger partial charge >= 0.3 is 0 Å². The maximum Gasteiger partial charge on any atom is 0.0880 e. The van der Waals surface area contributed by atoms with E-state index in [9.17, 15) is 0 Å². The van der Waals surface area contributed by atoms with Gasteiger partial charge < -0.3 is 0 Å². The summed E-state index contributed by atoms with van der Waals surface area (Å²) in [5.74, 6) is 11.2. The molecule has 0 fully saturated rings. The van der Waals surface area contributed by atoms with Crippen LogP contribution >= 0.6 is 0 Å². The molecule has 1 rings (SSSR count). The first kappa shape index (κ1) is 13.0. The Morgan fingerprint density at radius 1 is 0.889 bits per heavy atom. The van der Waals surface area contributed by atoms with Gasteiger partial charge in [0.1, 0.15) is 0 Å². The lowest BCUT2D eigenvalue weighted by atomic mass is 10.1. The molecule has 86 valence electrons. The Labute approximate surface area is 104 Å². The smallest absolute Gasteiger partial charge is 0.0880 e. The fourth-order valence-corrected chi connectivity index (χ4v) is 1.10. The van der Waals surface area contributed by atoms with Gasteiger partial charge in [0.2, 0.25) is 0 Å². The lowest BCUT2D eigenvalue weighted by molar-refractivity contribution is 1.25. The van der Waals surface area contributed by atoms with Crippen LogP contribution in [0.1, 0.15) is 11.1 Å². The van der Waals surface area contributed by atoms with Crippen molar-refractivity contribution in [2.45, 2.75) is 0 Å². The molecule has 0 saturated heterocycles. The first-order valence-electron chi connectivity index (χ1n) is 4.97. The van der Waals surface area contributed by atoms with Crippen LogP contribution in [-0.2, 0) is 0 Å². The van der Waals surface area contributed by atoms with Gasteiger partial charge in [0.25, 0.3) is 0 Å². The molecule has 6 heteroatoms. The topological polar surface area (TPSA) is 97.5 Å². The Morgan fingerprint density at radius 3 is 1.72 bits per heavy atom. The van der Waals surface area contributed by atoms with Crippen LogP contribution < -0.4 is 0 Å². The van der Waals surface area contributed by atoms with E-state index in [0.29, 0.717) is 0 Å². The van der Waals surface area contributed by atoms with Crippen LogP contribution in [0.25, 0.3) is 20.9 Å². The lowest BCUT2D eigenvalue weighted by Gasteiger charge is -1.94. The van der Waals surface area contributed by atoms with Gasteiger partial charge in [0.15, 0.2) is 0 Å². The van der Waals surface area contributed by atoms with Crippen molar-refractivity contribution in [2.24, 2.45) is 10.2 Å². The summed E-state index contributed by atoms with van der Waals surface area (Å²) in [7, 11) is 0. The molecule has 0 heterocycles. The van der Waals surface area contributed by atoms with Crippen molar-refractivity contribution in [1.29, 1.82) is 0 Å². The van der Waals surface area contributed by atoms with E-state index < -0.39 is 0 Å². The van der Waals surface area contributed by atoms with Gasteiger partial charge in [-0.05, 0) is 23.2 Å². The van der Waals surface area contributed by atoms with Crippen molar-refractivity contribution in [1.82, 2.24) is 0 Å². The van der Waals surface area contributed by atoms with E-state index >= 15 is 0 Å². The molecular formula is C12H8N6. The van der Waals surface area contributed by atoms with E-state index in [1.807, 2.05) is 24.3 Å². The second-order valence-electron chi connectivity index (χ2n) is 2.93. The number of hydrogen-bond donors (Lipinski definition) is 0. The van der Waals surface area contributed by atoms with Crippen LogP contribution in [0, 0.1) is 23.7 Å². The molecule has 18 heavy (non-hydrogen) atoms. The van der Waals surface area contributed by atoms with Crippen molar-refractivity contribution < 1.29 is 0 Å². The monoisotopic (exact) mass is 236 g/mol. The molecule has 0 radical (unpaired) electrons. The number of azide groups is 2. The molecule has 0 amide bonds. The predicted molar refractivity (Wildman–Crippen MR) is 68.2 cm³/mol. The lowest BCUT2D eigenvalue weighted by Crippen LogP contribution is -1.83. The zero-order valence-electron chi connectivity index (χ0n) is 9.41. The molecule has 0 aliphatic heterocycles. The Hall–Kier alpha value is -3.04. The van der Waals surface area contributed by atoms with Crippen LogP contribution in [-0.4, -0.2) is 13.1 Å². The Balaban J connectivity index is 2.89. The molecule has 0 bridgehead atoms. The zero-order valence-corrected chi connectivity index (χ0v) is 9.41. The van der Waals surface area contributed by atoms with Crippen molar-refractivity contribution in [3.8, 4) is 23.7 Å². The Morgan fingerprint density at radius 2 is 1.33 bits per heavy atom. The average molecular weight is 236 g/mol. The van der Waals surface area contributed by atoms with Crippen molar-refractivity contribution >= 4 is 0 Å². The van der Waals surface area contributed by atoms with Crippen molar-refractivity contribution in [2.75, 3.05) is 13.1 Å². The first-order valence-corrected chi connectivity index (χ1v) is 4.97. The van der Waals surface area contributed by atoms with Crippen LogP contribution in [0.5, 0.6) is 0 Å². The summed E-state index contributed by atoms with van der Waals surface area (Å²) in [6.45, 7) is 0.244. The van der Waals surface area contributed by atoms with Crippen molar-refractivity contribution in [3.05, 3.63) is 56.3 Å². The SMILES string of the molecule is [N-]=[N+]=NCC#Cc1ccccc1C#CCN=[N+]=[N-]. The Kier molecular flexibility index (Phi) is 5.90. The molecule has 0 aliphatic rings. The van der Waals surface area contributed by atoms with Gasteiger partial charge in [-0.2, -0.15) is 0 Å². The minimum absolute atomic E-state index is 0.122. The fraction of sp³-hybridized carbons (Fsp3) is 0.167. The summed E-state index contributed by atoms with van der Waals surface area (Å²) < 4.78 is 0. The molecule has 1 aromatic rings. The van der Waals surface area contributed by atoms with Gasteiger partial charge in [0, 0.05) is 21.0 Å². The summed E-state index contributed by atoms with van der Waals surface area (Å²) in [5, 5.41) is 6.64.